The van der Waals surface area contributed by atoms with Crippen LogP contribution in [0.3, 0.4) is 0 Å². The van der Waals surface area contributed by atoms with Gasteiger partial charge in [-0.05, 0) is 76.3 Å². The van der Waals surface area contributed by atoms with Gasteiger partial charge in [0, 0.05) is 49.4 Å². The molecule has 0 aliphatic carbocycles. The van der Waals surface area contributed by atoms with Crippen molar-refractivity contribution in [3.63, 3.8) is 0 Å². The van der Waals surface area contributed by atoms with Crippen molar-refractivity contribution in [2.75, 3.05) is 0 Å². The second kappa shape index (κ2) is 17.3. The Morgan fingerprint density at radius 1 is 0.382 bits per heavy atom. The molecule has 9 aromatic carbocycles. The number of allylic oxidation sites excluding steroid dienone is 4. The van der Waals surface area contributed by atoms with Crippen LogP contribution in [0.25, 0.3) is 123 Å². The van der Waals surface area contributed by atoms with Gasteiger partial charge in [-0.2, -0.15) is 0 Å². The molecule has 68 heavy (non-hydrogen) atoms. The summed E-state index contributed by atoms with van der Waals surface area (Å²) in [4.78, 5) is 15.9. The molecule has 0 unspecified atom stereocenters. The fourth-order valence-electron chi connectivity index (χ4n) is 9.49. The molecule has 12 aromatic rings. The van der Waals surface area contributed by atoms with E-state index in [1.807, 2.05) is 60.7 Å². The van der Waals surface area contributed by atoms with Crippen LogP contribution in [0.5, 0.6) is 0 Å². The van der Waals surface area contributed by atoms with Crippen molar-refractivity contribution in [1.29, 1.82) is 0 Å². The van der Waals surface area contributed by atoms with Gasteiger partial charge in [-0.3, -0.25) is 0 Å². The van der Waals surface area contributed by atoms with Crippen LogP contribution in [0.1, 0.15) is 5.56 Å². The van der Waals surface area contributed by atoms with Crippen molar-refractivity contribution in [1.82, 2.24) is 19.5 Å². The van der Waals surface area contributed by atoms with Gasteiger partial charge >= 0.3 is 0 Å². The molecule has 0 saturated carbocycles. The van der Waals surface area contributed by atoms with Crippen LogP contribution >= 0.6 is 0 Å². The molecule has 0 N–H and O–H groups in total. The van der Waals surface area contributed by atoms with E-state index in [1.165, 1.54) is 5.56 Å². The summed E-state index contributed by atoms with van der Waals surface area (Å²) in [6.07, 6.45) is 9.94. The summed E-state index contributed by atoms with van der Waals surface area (Å²) in [6, 6.07) is 74.5. The quantitative estimate of drug-likeness (QED) is 0.129. The summed E-state index contributed by atoms with van der Waals surface area (Å²) in [5.74, 6) is 1.72. The number of hydrogen-bond acceptors (Lipinski definition) is 4. The summed E-state index contributed by atoms with van der Waals surface area (Å²) in [5, 5.41) is 4.30. The third-order valence-corrected chi connectivity index (χ3v) is 12.6. The van der Waals surface area contributed by atoms with Gasteiger partial charge < -0.3 is 8.98 Å². The Hall–Kier alpha value is -9.19. The zero-order valence-corrected chi connectivity index (χ0v) is 37.0. The van der Waals surface area contributed by atoms with Gasteiger partial charge in [-0.25, -0.2) is 15.0 Å². The number of hydrogen-bond donors (Lipinski definition) is 0. The molecule has 320 valence electrons. The normalized spacial score (nSPS) is 11.8. The van der Waals surface area contributed by atoms with Crippen LogP contribution in [0.15, 0.2) is 248 Å². The number of nitrogens with zero attached hydrogens (tertiary/aromatic N) is 4. The molecule has 0 atom stereocenters. The zero-order chi connectivity index (χ0) is 45.4. The number of fused-ring (bicyclic) bond motifs is 6. The highest BCUT2D eigenvalue weighted by Gasteiger charge is 2.24. The first-order valence-electron chi connectivity index (χ1n) is 22.8. The van der Waals surface area contributed by atoms with E-state index < -0.39 is 0 Å². The van der Waals surface area contributed by atoms with Gasteiger partial charge in [0.15, 0.2) is 17.5 Å². The molecule has 5 heteroatoms. The summed E-state index contributed by atoms with van der Waals surface area (Å²) in [5.41, 5.74) is 15.1. The first-order chi connectivity index (χ1) is 33.7. The highest BCUT2D eigenvalue weighted by atomic mass is 16.3. The van der Waals surface area contributed by atoms with Crippen molar-refractivity contribution in [3.8, 4) is 73.2 Å². The summed E-state index contributed by atoms with van der Waals surface area (Å²) < 4.78 is 8.82. The smallest absolute Gasteiger partial charge is 0.164 e. The highest BCUT2D eigenvalue weighted by molar-refractivity contribution is 6.13. The average Bonchev–Trinajstić information content (AvgIpc) is 3.95. The molecule has 0 amide bonds. The standard InChI is InChI=1S/C63H42N4O/c1-2-3-4-9-21-42-34-36-55-53(38-42)54-39-47(43-22-10-5-11-23-43)35-37-56(54)67(55)60-51(44-24-12-6-13-25-44)40-48(41-52(60)45-26-14-7-15-27-45)62-64-61(46-28-16-8-17-29-46)65-63(66-62)50-31-20-33-58-59(50)49-30-18-19-32-57(49)68-58/h2-41H,1H2/b4-3-,21-9+. The van der Waals surface area contributed by atoms with E-state index in [4.69, 9.17) is 19.4 Å². The predicted molar refractivity (Wildman–Crippen MR) is 282 cm³/mol. The molecule has 5 nitrogen and oxygen atoms in total. The molecule has 3 aromatic heterocycles. The predicted octanol–water partition coefficient (Wildman–Crippen LogP) is 16.6. The first kappa shape index (κ1) is 40.3. The van der Waals surface area contributed by atoms with E-state index in [0.717, 1.165) is 99.5 Å². The molecule has 0 bridgehead atoms. The zero-order valence-electron chi connectivity index (χ0n) is 37.0. The monoisotopic (exact) mass is 870 g/mol. The molecule has 3 heterocycles. The van der Waals surface area contributed by atoms with Crippen molar-refractivity contribution in [2.24, 2.45) is 0 Å². The third-order valence-electron chi connectivity index (χ3n) is 12.6. The Morgan fingerprint density at radius 2 is 0.941 bits per heavy atom. The topological polar surface area (TPSA) is 56.7 Å². The number of benzene rings is 9. The molecule has 12 rings (SSSR count). The molecule has 0 aliphatic rings. The fourth-order valence-corrected chi connectivity index (χ4v) is 9.49. The van der Waals surface area contributed by atoms with Crippen LogP contribution < -0.4 is 0 Å². The van der Waals surface area contributed by atoms with Crippen LogP contribution in [-0.2, 0) is 0 Å². The lowest BCUT2D eigenvalue weighted by Gasteiger charge is -2.21. The van der Waals surface area contributed by atoms with Crippen molar-refractivity contribution < 1.29 is 4.42 Å². The van der Waals surface area contributed by atoms with Gasteiger partial charge in [-0.15, -0.1) is 0 Å². The Bertz CT molecular complexity index is 3840. The van der Waals surface area contributed by atoms with Crippen molar-refractivity contribution >= 4 is 49.8 Å². The second-order valence-electron chi connectivity index (χ2n) is 16.8. The number of rotatable bonds is 10. The van der Waals surface area contributed by atoms with Crippen molar-refractivity contribution in [2.45, 2.75) is 0 Å². The molecule has 0 radical (unpaired) electrons. The van der Waals surface area contributed by atoms with E-state index in [1.54, 1.807) is 6.08 Å². The lowest BCUT2D eigenvalue weighted by atomic mass is 9.92. The van der Waals surface area contributed by atoms with Gasteiger partial charge in [0.05, 0.1) is 16.7 Å². The number of furan rings is 1. The average molecular weight is 871 g/mol. The molecular formula is C63H42N4O. The fraction of sp³-hybridized carbons (Fsp3) is 0. The Labute approximate surface area is 394 Å². The molecule has 0 aliphatic heterocycles. The first-order valence-corrected chi connectivity index (χ1v) is 22.8. The second-order valence-corrected chi connectivity index (χ2v) is 16.8. The van der Waals surface area contributed by atoms with E-state index in [0.29, 0.717) is 17.5 Å². The summed E-state index contributed by atoms with van der Waals surface area (Å²) >= 11 is 0. The largest absolute Gasteiger partial charge is 0.456 e. The van der Waals surface area contributed by atoms with Crippen LogP contribution in [-0.4, -0.2) is 19.5 Å². The maximum absolute atomic E-state index is 6.36. The van der Waals surface area contributed by atoms with Gasteiger partial charge in [0.25, 0.3) is 0 Å². The maximum Gasteiger partial charge on any atom is 0.164 e. The van der Waals surface area contributed by atoms with E-state index in [-0.39, 0.29) is 0 Å². The summed E-state index contributed by atoms with van der Waals surface area (Å²) in [6.45, 7) is 3.84. The Kier molecular flexibility index (Phi) is 10.3. The van der Waals surface area contributed by atoms with Crippen LogP contribution in [0, 0.1) is 0 Å². The number of aromatic nitrogens is 4. The lowest BCUT2D eigenvalue weighted by molar-refractivity contribution is 0.669. The highest BCUT2D eigenvalue weighted by Crippen LogP contribution is 2.45. The maximum atomic E-state index is 6.36. The van der Waals surface area contributed by atoms with Crippen LogP contribution in [0.2, 0.25) is 0 Å². The van der Waals surface area contributed by atoms with Gasteiger partial charge in [0.2, 0.25) is 0 Å². The SMILES string of the molecule is C=C/C=C\C=C\c1ccc2c(c1)c1cc(-c3ccccc3)ccc1n2-c1c(-c2ccccc2)cc(-c2nc(-c3ccccc3)nc(-c3cccc4oc5ccccc5c34)n2)cc1-c1ccccc1. The number of para-hydroxylation sites is 1. The van der Waals surface area contributed by atoms with Gasteiger partial charge in [0.1, 0.15) is 11.2 Å². The van der Waals surface area contributed by atoms with Gasteiger partial charge in [-0.1, -0.05) is 201 Å². The molecular weight excluding hydrogens is 829 g/mol. The Balaban J connectivity index is 1.16. The minimum atomic E-state index is 0.566. The molecule has 0 spiro atoms. The minimum Gasteiger partial charge on any atom is -0.456 e. The summed E-state index contributed by atoms with van der Waals surface area (Å²) in [7, 11) is 0. The third kappa shape index (κ3) is 7.29. The molecule has 0 saturated heterocycles. The van der Waals surface area contributed by atoms with Crippen LogP contribution in [0.4, 0.5) is 0 Å². The lowest BCUT2D eigenvalue weighted by Crippen LogP contribution is -2.04. The van der Waals surface area contributed by atoms with Crippen molar-refractivity contribution in [3.05, 3.63) is 249 Å². The molecule has 0 fully saturated rings. The van der Waals surface area contributed by atoms with E-state index in [9.17, 15) is 0 Å². The van der Waals surface area contributed by atoms with E-state index in [2.05, 4.69) is 187 Å². The van der Waals surface area contributed by atoms with E-state index >= 15 is 0 Å². The Morgan fingerprint density at radius 3 is 1.62 bits per heavy atom. The minimum absolute atomic E-state index is 0.566.